The molecular formula is C17H36IN3O2. The van der Waals surface area contributed by atoms with Gasteiger partial charge < -0.3 is 20.1 Å². The Balaban J connectivity index is 0.00000484. The van der Waals surface area contributed by atoms with Crippen molar-refractivity contribution in [2.24, 2.45) is 10.4 Å². The van der Waals surface area contributed by atoms with Crippen LogP contribution in [0.5, 0.6) is 0 Å². The zero-order valence-electron chi connectivity index (χ0n) is 15.2. The van der Waals surface area contributed by atoms with E-state index in [4.69, 9.17) is 14.5 Å². The van der Waals surface area contributed by atoms with E-state index in [0.29, 0.717) is 5.41 Å². The number of unbranched alkanes of at least 4 members (excludes halogenated alkanes) is 1. The summed E-state index contributed by atoms with van der Waals surface area (Å²) in [6, 6.07) is 0. The molecule has 0 atom stereocenters. The van der Waals surface area contributed by atoms with Crippen molar-refractivity contribution < 1.29 is 9.47 Å². The van der Waals surface area contributed by atoms with Gasteiger partial charge in [-0.2, -0.15) is 0 Å². The van der Waals surface area contributed by atoms with Crippen molar-refractivity contribution >= 4 is 29.9 Å². The lowest BCUT2D eigenvalue weighted by molar-refractivity contribution is 0.0778. The van der Waals surface area contributed by atoms with Crippen molar-refractivity contribution in [3.05, 3.63) is 0 Å². The summed E-state index contributed by atoms with van der Waals surface area (Å²) in [4.78, 5) is 4.78. The van der Waals surface area contributed by atoms with Crippen molar-refractivity contribution in [1.82, 2.24) is 10.6 Å². The Morgan fingerprint density at radius 3 is 2.48 bits per heavy atom. The highest BCUT2D eigenvalue weighted by molar-refractivity contribution is 14.0. The second-order valence-corrected chi connectivity index (χ2v) is 6.18. The van der Waals surface area contributed by atoms with Crippen molar-refractivity contribution in [2.45, 2.75) is 52.4 Å². The first-order chi connectivity index (χ1) is 10.8. The lowest BCUT2D eigenvalue weighted by Crippen LogP contribution is -2.41. The average molecular weight is 441 g/mol. The summed E-state index contributed by atoms with van der Waals surface area (Å²) in [6.45, 7) is 9.28. The molecule has 5 nitrogen and oxygen atoms in total. The quantitative estimate of drug-likeness (QED) is 0.212. The Kier molecular flexibility index (Phi) is 14.2. The first-order valence-corrected chi connectivity index (χ1v) is 8.85. The van der Waals surface area contributed by atoms with Gasteiger partial charge in [0.2, 0.25) is 0 Å². The summed E-state index contributed by atoms with van der Waals surface area (Å²) >= 11 is 0. The number of guanidine groups is 1. The molecule has 1 aliphatic carbocycles. The van der Waals surface area contributed by atoms with Crippen molar-refractivity contribution in [3.8, 4) is 0 Å². The molecule has 1 aliphatic rings. The molecule has 2 N–H and O–H groups in total. The van der Waals surface area contributed by atoms with E-state index in [2.05, 4.69) is 24.5 Å². The second kappa shape index (κ2) is 14.3. The van der Waals surface area contributed by atoms with Crippen LogP contribution < -0.4 is 10.6 Å². The fraction of sp³-hybridized carbons (Fsp3) is 0.941. The fourth-order valence-electron chi connectivity index (χ4n) is 2.66. The zero-order chi connectivity index (χ0) is 16.1. The molecule has 138 valence electrons. The first kappa shape index (κ1) is 22.9. The van der Waals surface area contributed by atoms with Gasteiger partial charge in [0.1, 0.15) is 0 Å². The van der Waals surface area contributed by atoms with Crippen LogP contribution in [0.2, 0.25) is 0 Å². The topological polar surface area (TPSA) is 54.9 Å². The number of nitrogens with zero attached hydrogens (tertiary/aromatic N) is 1. The van der Waals surface area contributed by atoms with Gasteiger partial charge in [0, 0.05) is 40.0 Å². The number of halogens is 1. The molecule has 1 rings (SSSR count). The van der Waals surface area contributed by atoms with Gasteiger partial charge in [-0.1, -0.05) is 19.8 Å². The van der Waals surface area contributed by atoms with E-state index in [-0.39, 0.29) is 24.0 Å². The third kappa shape index (κ3) is 9.72. The van der Waals surface area contributed by atoms with Crippen LogP contribution in [0.15, 0.2) is 4.99 Å². The largest absolute Gasteiger partial charge is 0.385 e. The van der Waals surface area contributed by atoms with Crippen molar-refractivity contribution in [3.63, 3.8) is 0 Å². The minimum absolute atomic E-state index is 0. The van der Waals surface area contributed by atoms with Gasteiger partial charge in [0.25, 0.3) is 0 Å². The predicted molar refractivity (Wildman–Crippen MR) is 108 cm³/mol. The molecule has 0 radical (unpaired) electrons. The minimum Gasteiger partial charge on any atom is -0.385 e. The number of hydrogen-bond acceptors (Lipinski definition) is 3. The predicted octanol–water partition coefficient (Wildman–Crippen LogP) is 3.18. The third-order valence-corrected chi connectivity index (χ3v) is 4.35. The fourth-order valence-corrected chi connectivity index (χ4v) is 2.66. The second-order valence-electron chi connectivity index (χ2n) is 6.18. The van der Waals surface area contributed by atoms with Crippen LogP contribution in [0, 0.1) is 5.41 Å². The first-order valence-electron chi connectivity index (χ1n) is 8.85. The third-order valence-electron chi connectivity index (χ3n) is 4.35. The average Bonchev–Trinajstić information content (AvgIpc) is 2.49. The Morgan fingerprint density at radius 2 is 1.91 bits per heavy atom. The van der Waals surface area contributed by atoms with E-state index >= 15 is 0 Å². The standard InChI is InChI=1S/C17H35N3O2.HI/c1-4-6-12-22-14-11-19-16(18-5-2)20-15-17(8-7-9-17)10-13-21-3;/h4-15H2,1-3H3,(H2,18,19,20);1H. The number of methoxy groups -OCH3 is 1. The maximum Gasteiger partial charge on any atom is 0.191 e. The van der Waals surface area contributed by atoms with Crippen LogP contribution in [0.1, 0.15) is 52.4 Å². The molecule has 1 fully saturated rings. The molecule has 0 bridgehead atoms. The van der Waals surface area contributed by atoms with E-state index in [1.165, 1.54) is 25.7 Å². The summed E-state index contributed by atoms with van der Waals surface area (Å²) in [5.74, 6) is 0.908. The molecule has 0 aromatic carbocycles. The molecular weight excluding hydrogens is 405 g/mol. The maximum atomic E-state index is 5.57. The van der Waals surface area contributed by atoms with E-state index in [1.54, 1.807) is 7.11 Å². The summed E-state index contributed by atoms with van der Waals surface area (Å²) < 4.78 is 10.8. The normalized spacial score (nSPS) is 16.4. The number of ether oxygens (including phenoxy) is 2. The Morgan fingerprint density at radius 1 is 1.13 bits per heavy atom. The van der Waals surface area contributed by atoms with Gasteiger partial charge in [-0.3, -0.25) is 4.99 Å². The molecule has 1 saturated carbocycles. The van der Waals surface area contributed by atoms with Gasteiger partial charge in [0.05, 0.1) is 6.61 Å². The Bertz CT molecular complexity index is 310. The van der Waals surface area contributed by atoms with Crippen LogP contribution >= 0.6 is 24.0 Å². The molecule has 0 unspecified atom stereocenters. The highest BCUT2D eigenvalue weighted by Gasteiger charge is 2.36. The molecule has 0 spiro atoms. The van der Waals surface area contributed by atoms with Gasteiger partial charge in [0.15, 0.2) is 5.96 Å². The van der Waals surface area contributed by atoms with Gasteiger partial charge >= 0.3 is 0 Å². The van der Waals surface area contributed by atoms with E-state index in [0.717, 1.165) is 58.3 Å². The SMILES string of the molecule is CCCCOCCNC(=NCC1(CCOC)CCC1)NCC.I. The highest BCUT2D eigenvalue weighted by atomic mass is 127. The van der Waals surface area contributed by atoms with E-state index in [1.807, 2.05) is 0 Å². The number of aliphatic imine (C=N–C) groups is 1. The maximum absolute atomic E-state index is 5.57. The van der Waals surface area contributed by atoms with Crippen LogP contribution in [-0.2, 0) is 9.47 Å². The van der Waals surface area contributed by atoms with Crippen molar-refractivity contribution in [1.29, 1.82) is 0 Å². The lowest BCUT2D eigenvalue weighted by Gasteiger charge is -2.40. The Labute approximate surface area is 159 Å². The lowest BCUT2D eigenvalue weighted by atomic mass is 9.67. The molecule has 0 aromatic rings. The highest BCUT2D eigenvalue weighted by Crippen LogP contribution is 2.44. The molecule has 0 heterocycles. The van der Waals surface area contributed by atoms with Gasteiger partial charge in [-0.15, -0.1) is 24.0 Å². The monoisotopic (exact) mass is 441 g/mol. The summed E-state index contributed by atoms with van der Waals surface area (Å²) in [5, 5.41) is 6.67. The van der Waals surface area contributed by atoms with Crippen molar-refractivity contribution in [2.75, 3.05) is 46.6 Å². The van der Waals surface area contributed by atoms with E-state index < -0.39 is 0 Å². The molecule has 6 heteroatoms. The molecule has 0 saturated heterocycles. The van der Waals surface area contributed by atoms with Crippen LogP contribution in [-0.4, -0.2) is 52.5 Å². The van der Waals surface area contributed by atoms with Gasteiger partial charge in [-0.25, -0.2) is 0 Å². The van der Waals surface area contributed by atoms with Crippen LogP contribution in [0.3, 0.4) is 0 Å². The minimum atomic E-state index is 0. The van der Waals surface area contributed by atoms with E-state index in [9.17, 15) is 0 Å². The Hall–Kier alpha value is -0.0800. The smallest absolute Gasteiger partial charge is 0.191 e. The zero-order valence-corrected chi connectivity index (χ0v) is 17.5. The molecule has 23 heavy (non-hydrogen) atoms. The number of nitrogens with one attached hydrogen (secondary N) is 2. The van der Waals surface area contributed by atoms with Gasteiger partial charge in [-0.05, 0) is 38.0 Å². The summed E-state index contributed by atoms with van der Waals surface area (Å²) in [5.41, 5.74) is 0.371. The molecule has 0 amide bonds. The molecule has 0 aromatic heterocycles. The van der Waals surface area contributed by atoms with Crippen LogP contribution in [0.4, 0.5) is 0 Å². The number of rotatable bonds is 12. The number of hydrogen-bond donors (Lipinski definition) is 2. The summed E-state index contributed by atoms with van der Waals surface area (Å²) in [7, 11) is 1.78. The summed E-state index contributed by atoms with van der Waals surface area (Å²) in [6.07, 6.45) is 7.32. The molecule has 0 aliphatic heterocycles. The van der Waals surface area contributed by atoms with Crippen LogP contribution in [0.25, 0.3) is 0 Å².